The number of aliphatic imine (C=N–C) groups is 1. The lowest BCUT2D eigenvalue weighted by Gasteiger charge is -2.27. The maximum Gasteiger partial charge on any atom is 0.252 e. The van der Waals surface area contributed by atoms with Crippen molar-refractivity contribution in [2.24, 2.45) is 4.99 Å². The number of amidine groups is 1. The summed E-state index contributed by atoms with van der Waals surface area (Å²) in [5.74, 6) is 1.50. The highest BCUT2D eigenvalue weighted by Crippen LogP contribution is 2.45. The number of anilines is 1. The topological polar surface area (TPSA) is 85.3 Å². The molecule has 3 aromatic carbocycles. The third-order valence-electron chi connectivity index (χ3n) is 6.20. The zero-order valence-corrected chi connectivity index (χ0v) is 22.6. The van der Waals surface area contributed by atoms with E-state index in [0.717, 1.165) is 11.1 Å². The van der Waals surface area contributed by atoms with Crippen molar-refractivity contribution in [3.63, 3.8) is 0 Å². The second-order valence-electron chi connectivity index (χ2n) is 9.01. The van der Waals surface area contributed by atoms with Gasteiger partial charge in [-0.2, -0.15) is 4.99 Å². The number of amides is 1. The van der Waals surface area contributed by atoms with Crippen LogP contribution in [0.1, 0.15) is 11.1 Å². The van der Waals surface area contributed by atoms with Crippen LogP contribution in [-0.2, 0) is 21.1 Å². The normalized spacial score (nSPS) is 21.2. The predicted octanol–water partition coefficient (Wildman–Crippen LogP) is 5.29. The van der Waals surface area contributed by atoms with Gasteiger partial charge in [0.1, 0.15) is 11.5 Å². The maximum absolute atomic E-state index is 13.0. The molecule has 2 saturated heterocycles. The van der Waals surface area contributed by atoms with E-state index in [4.69, 9.17) is 21.1 Å². The summed E-state index contributed by atoms with van der Waals surface area (Å²) in [6.07, 6.45) is 0.109. The molecule has 0 saturated carbocycles. The molecule has 7 nitrogen and oxygen atoms in total. The Morgan fingerprint density at radius 1 is 1.08 bits per heavy atom. The molecule has 3 aromatic rings. The molecule has 0 radical (unpaired) electrons. The number of aryl methyl sites for hydroxylation is 1. The number of carbonyl (C=O) groups excluding carboxylic acids is 1. The largest absolute Gasteiger partial charge is 0.497 e. The fourth-order valence-corrected chi connectivity index (χ4v) is 8.57. The van der Waals surface area contributed by atoms with Crippen LogP contribution in [0.25, 0.3) is 0 Å². The van der Waals surface area contributed by atoms with Crippen molar-refractivity contribution in [3.8, 4) is 17.2 Å². The van der Waals surface area contributed by atoms with Gasteiger partial charge >= 0.3 is 0 Å². The molecular weight excluding hydrogens is 532 g/mol. The van der Waals surface area contributed by atoms with Crippen LogP contribution in [0.3, 0.4) is 0 Å². The molecule has 2 fully saturated rings. The van der Waals surface area contributed by atoms with Crippen LogP contribution in [0.5, 0.6) is 17.2 Å². The SMILES string of the molecule is COc1ccc(CC(=O)N=C2S[C@@H]3CS(=O)(=O)C[C@H]3N2c2cc(Cl)ccc2Oc2cccc(C)c2)cc1. The number of halogens is 1. The molecule has 192 valence electrons. The first-order valence-electron chi connectivity index (χ1n) is 11.7. The highest BCUT2D eigenvalue weighted by Gasteiger charge is 2.50. The number of methoxy groups -OCH3 is 1. The van der Waals surface area contributed by atoms with Crippen LogP contribution >= 0.6 is 23.4 Å². The van der Waals surface area contributed by atoms with Crippen LogP contribution < -0.4 is 14.4 Å². The number of sulfone groups is 1. The van der Waals surface area contributed by atoms with Crippen molar-refractivity contribution in [2.75, 3.05) is 23.5 Å². The Bertz CT molecular complexity index is 1470. The van der Waals surface area contributed by atoms with Crippen molar-refractivity contribution in [2.45, 2.75) is 24.6 Å². The smallest absolute Gasteiger partial charge is 0.252 e. The van der Waals surface area contributed by atoms with E-state index in [-0.39, 0.29) is 35.1 Å². The minimum Gasteiger partial charge on any atom is -0.497 e. The molecule has 0 N–H and O–H groups in total. The number of ether oxygens (including phenoxy) is 2. The summed E-state index contributed by atoms with van der Waals surface area (Å²) in [7, 11) is -1.64. The molecule has 2 heterocycles. The third kappa shape index (κ3) is 5.79. The minimum atomic E-state index is -3.23. The van der Waals surface area contributed by atoms with Crippen LogP contribution in [-0.4, -0.2) is 49.4 Å². The zero-order valence-electron chi connectivity index (χ0n) is 20.3. The van der Waals surface area contributed by atoms with Gasteiger partial charge in [0, 0.05) is 10.3 Å². The van der Waals surface area contributed by atoms with Crippen LogP contribution in [0.2, 0.25) is 5.02 Å². The molecule has 2 aliphatic heterocycles. The molecular formula is C27H25ClN2O5S2. The average Bonchev–Trinajstić information content (AvgIpc) is 3.31. The van der Waals surface area contributed by atoms with Gasteiger partial charge in [0.25, 0.3) is 5.91 Å². The highest BCUT2D eigenvalue weighted by molar-refractivity contribution is 8.16. The van der Waals surface area contributed by atoms with Gasteiger partial charge in [0.15, 0.2) is 20.8 Å². The lowest BCUT2D eigenvalue weighted by Crippen LogP contribution is -2.38. The molecule has 5 rings (SSSR count). The van der Waals surface area contributed by atoms with Gasteiger partial charge in [0.2, 0.25) is 0 Å². The van der Waals surface area contributed by atoms with Crippen LogP contribution in [0.15, 0.2) is 71.7 Å². The summed E-state index contributed by atoms with van der Waals surface area (Å²) in [4.78, 5) is 19.2. The number of hydrogen-bond acceptors (Lipinski definition) is 6. The molecule has 0 bridgehead atoms. The number of hydrogen-bond donors (Lipinski definition) is 0. The lowest BCUT2D eigenvalue weighted by atomic mass is 10.1. The van der Waals surface area contributed by atoms with E-state index in [1.165, 1.54) is 11.8 Å². The summed E-state index contributed by atoms with van der Waals surface area (Å²) in [5, 5.41) is 0.660. The first-order valence-corrected chi connectivity index (χ1v) is 14.7. The minimum absolute atomic E-state index is 0.0269. The van der Waals surface area contributed by atoms with Crippen LogP contribution in [0.4, 0.5) is 5.69 Å². The Hall–Kier alpha value is -3.01. The molecule has 37 heavy (non-hydrogen) atoms. The maximum atomic E-state index is 13.0. The number of thioether (sulfide) groups is 1. The summed E-state index contributed by atoms with van der Waals surface area (Å²) in [6.45, 7) is 1.97. The Morgan fingerprint density at radius 2 is 1.86 bits per heavy atom. The Morgan fingerprint density at radius 3 is 2.59 bits per heavy atom. The Kier molecular flexibility index (Phi) is 7.20. The highest BCUT2D eigenvalue weighted by atomic mass is 35.5. The monoisotopic (exact) mass is 556 g/mol. The van der Waals surface area contributed by atoms with Crippen LogP contribution in [0, 0.1) is 6.92 Å². The number of nitrogens with zero attached hydrogens (tertiary/aromatic N) is 2. The van der Waals surface area contributed by atoms with E-state index in [1.807, 2.05) is 48.2 Å². The lowest BCUT2D eigenvalue weighted by molar-refractivity contribution is -0.117. The number of rotatable bonds is 6. The third-order valence-corrected chi connectivity index (χ3v) is 9.64. The molecule has 10 heteroatoms. The van der Waals surface area contributed by atoms with E-state index in [1.54, 1.807) is 37.4 Å². The average molecular weight is 557 g/mol. The molecule has 1 amide bonds. The standard InChI is InChI=1S/C27H25ClN2O5S2/c1-17-4-3-5-21(12-17)35-24-11-8-19(28)14-22(24)30-23-15-37(32,33)16-25(23)36-27(30)29-26(31)13-18-6-9-20(34-2)10-7-18/h3-12,14,23,25H,13,15-16H2,1-2H3/t23-,25-/m1/s1. The zero-order chi connectivity index (χ0) is 26.2. The second kappa shape index (κ2) is 10.4. The molecule has 0 aliphatic carbocycles. The molecule has 0 unspecified atom stereocenters. The molecule has 2 aliphatic rings. The second-order valence-corrected chi connectivity index (χ2v) is 12.8. The quantitative estimate of drug-likeness (QED) is 0.407. The van der Waals surface area contributed by atoms with Crippen molar-refractivity contribution in [1.29, 1.82) is 0 Å². The van der Waals surface area contributed by atoms with Crippen molar-refractivity contribution < 1.29 is 22.7 Å². The summed E-state index contributed by atoms with van der Waals surface area (Å²) < 4.78 is 36.4. The first kappa shape index (κ1) is 25.6. The number of fused-ring (bicyclic) bond motifs is 1. The van der Waals surface area contributed by atoms with E-state index in [0.29, 0.717) is 33.1 Å². The first-order chi connectivity index (χ1) is 17.7. The van der Waals surface area contributed by atoms with Gasteiger partial charge in [0.05, 0.1) is 36.8 Å². The molecule has 0 aromatic heterocycles. The van der Waals surface area contributed by atoms with Gasteiger partial charge in [-0.3, -0.25) is 4.79 Å². The van der Waals surface area contributed by atoms with Gasteiger partial charge in [-0.15, -0.1) is 0 Å². The Labute approximate surface area is 225 Å². The molecule has 0 spiro atoms. The van der Waals surface area contributed by atoms with E-state index in [2.05, 4.69) is 4.99 Å². The van der Waals surface area contributed by atoms with Gasteiger partial charge < -0.3 is 14.4 Å². The fraction of sp³-hybridized carbons (Fsp3) is 0.259. The summed E-state index contributed by atoms with van der Waals surface area (Å²) >= 11 is 7.70. The molecule has 2 atom stereocenters. The van der Waals surface area contributed by atoms with Crippen molar-refractivity contribution >= 4 is 50.0 Å². The number of benzene rings is 3. The van der Waals surface area contributed by atoms with Gasteiger partial charge in [-0.25, -0.2) is 8.42 Å². The number of carbonyl (C=O) groups is 1. The summed E-state index contributed by atoms with van der Waals surface area (Å²) in [6, 6.07) is 19.7. The van der Waals surface area contributed by atoms with E-state index < -0.39 is 9.84 Å². The van der Waals surface area contributed by atoms with Crippen molar-refractivity contribution in [3.05, 3.63) is 82.9 Å². The predicted molar refractivity (Wildman–Crippen MR) is 148 cm³/mol. The van der Waals surface area contributed by atoms with Crippen molar-refractivity contribution in [1.82, 2.24) is 0 Å². The Balaban J connectivity index is 1.50. The van der Waals surface area contributed by atoms with Gasteiger partial charge in [-0.1, -0.05) is 47.6 Å². The van der Waals surface area contributed by atoms with E-state index >= 15 is 0 Å². The van der Waals surface area contributed by atoms with Gasteiger partial charge in [-0.05, 0) is 60.5 Å². The fourth-order valence-electron chi connectivity index (χ4n) is 4.48. The summed E-state index contributed by atoms with van der Waals surface area (Å²) in [5.41, 5.74) is 2.42. The van der Waals surface area contributed by atoms with E-state index in [9.17, 15) is 13.2 Å².